The Balaban J connectivity index is 1.77. The minimum absolute atomic E-state index is 0.0184. The van der Waals surface area contributed by atoms with Crippen LogP contribution >= 0.6 is 0 Å². The van der Waals surface area contributed by atoms with Crippen molar-refractivity contribution in [1.29, 1.82) is 0 Å². The fourth-order valence-corrected chi connectivity index (χ4v) is 3.67. The first-order valence-electron chi connectivity index (χ1n) is 8.62. The molecule has 134 valence electrons. The maximum absolute atomic E-state index is 12.3. The molecule has 0 unspecified atom stereocenters. The molecule has 1 aliphatic rings. The van der Waals surface area contributed by atoms with Crippen LogP contribution < -0.4 is 5.32 Å². The van der Waals surface area contributed by atoms with Gasteiger partial charge in [0, 0.05) is 45.9 Å². The zero-order valence-corrected chi connectivity index (χ0v) is 15.1. The van der Waals surface area contributed by atoms with E-state index in [2.05, 4.69) is 22.5 Å². The Kier molecular flexibility index (Phi) is 5.50. The van der Waals surface area contributed by atoms with Gasteiger partial charge in [0.05, 0.1) is 18.3 Å². The second kappa shape index (κ2) is 7.80. The molecule has 6 nitrogen and oxygen atoms in total. The van der Waals surface area contributed by atoms with Crippen LogP contribution in [0.25, 0.3) is 0 Å². The number of likely N-dealkylation sites (N-methyl/N-ethyl adjacent to an activating group) is 1. The van der Waals surface area contributed by atoms with Crippen LogP contribution in [0.15, 0.2) is 42.6 Å². The lowest BCUT2D eigenvalue weighted by atomic mass is 10.0. The number of aryl methyl sites for hydroxylation is 1. The number of methoxy groups -OCH3 is 1. The number of carbonyl (C=O) groups excluding carboxylic acids is 1. The largest absolute Gasteiger partial charge is 0.383 e. The third-order valence-electron chi connectivity index (χ3n) is 4.89. The van der Waals surface area contributed by atoms with Gasteiger partial charge in [-0.2, -0.15) is 5.10 Å². The highest BCUT2D eigenvalue weighted by Crippen LogP contribution is 2.32. The van der Waals surface area contributed by atoms with Crippen molar-refractivity contribution in [2.45, 2.75) is 31.0 Å². The Morgan fingerprint density at radius 1 is 1.28 bits per heavy atom. The molecule has 1 N–H and O–H groups in total. The van der Waals surface area contributed by atoms with E-state index in [-0.39, 0.29) is 24.0 Å². The molecule has 1 aromatic heterocycles. The number of likely N-dealkylation sites (tertiary alicyclic amines) is 1. The highest BCUT2D eigenvalue weighted by atomic mass is 16.5. The molecule has 0 radical (unpaired) electrons. The van der Waals surface area contributed by atoms with Gasteiger partial charge in [-0.15, -0.1) is 0 Å². The van der Waals surface area contributed by atoms with Crippen molar-refractivity contribution in [3.8, 4) is 0 Å². The number of nitrogens with one attached hydrogen (secondary N) is 1. The third kappa shape index (κ3) is 3.91. The highest BCUT2D eigenvalue weighted by Gasteiger charge is 2.40. The maximum atomic E-state index is 12.3. The van der Waals surface area contributed by atoms with E-state index < -0.39 is 0 Å². The number of benzene rings is 1. The van der Waals surface area contributed by atoms with E-state index in [4.69, 9.17) is 4.74 Å². The van der Waals surface area contributed by atoms with Crippen LogP contribution in [-0.4, -0.2) is 53.4 Å². The monoisotopic (exact) mass is 342 g/mol. The Bertz CT molecular complexity index is 700. The van der Waals surface area contributed by atoms with Crippen LogP contribution in [-0.2, 0) is 23.0 Å². The molecule has 0 spiro atoms. The van der Waals surface area contributed by atoms with Gasteiger partial charge in [0.15, 0.2) is 0 Å². The summed E-state index contributed by atoms with van der Waals surface area (Å²) in [5.41, 5.74) is 2.30. The first kappa shape index (κ1) is 17.6. The second-order valence-corrected chi connectivity index (χ2v) is 6.65. The number of carbonyl (C=O) groups is 1. The Morgan fingerprint density at radius 2 is 2.04 bits per heavy atom. The van der Waals surface area contributed by atoms with Crippen LogP contribution in [0.5, 0.6) is 0 Å². The molecule has 0 saturated carbocycles. The summed E-state index contributed by atoms with van der Waals surface area (Å²) >= 11 is 0. The number of amides is 1. The van der Waals surface area contributed by atoms with Crippen molar-refractivity contribution in [1.82, 2.24) is 20.0 Å². The zero-order chi connectivity index (χ0) is 17.8. The van der Waals surface area contributed by atoms with Crippen LogP contribution in [0.1, 0.15) is 23.7 Å². The molecular weight excluding hydrogens is 316 g/mol. The molecule has 2 aromatic rings. The van der Waals surface area contributed by atoms with Gasteiger partial charge in [-0.25, -0.2) is 0 Å². The van der Waals surface area contributed by atoms with E-state index in [0.717, 1.165) is 12.1 Å². The SMILES string of the molecule is COC[C@@H](Cc1ccccc1)N[C@@H]1CC(=O)N(C)[C@H]1c1ccnn1C. The first-order chi connectivity index (χ1) is 12.1. The van der Waals surface area contributed by atoms with Crippen LogP contribution in [0.4, 0.5) is 0 Å². The van der Waals surface area contributed by atoms with Crippen molar-refractivity contribution >= 4 is 5.91 Å². The van der Waals surface area contributed by atoms with Crippen molar-refractivity contribution in [2.75, 3.05) is 20.8 Å². The number of nitrogens with zero attached hydrogens (tertiary/aromatic N) is 3. The molecule has 1 amide bonds. The number of hydrogen-bond donors (Lipinski definition) is 1. The van der Waals surface area contributed by atoms with Gasteiger partial charge < -0.3 is 15.0 Å². The topological polar surface area (TPSA) is 59.4 Å². The molecule has 1 saturated heterocycles. The summed E-state index contributed by atoms with van der Waals surface area (Å²) in [4.78, 5) is 14.1. The summed E-state index contributed by atoms with van der Waals surface area (Å²) in [7, 11) is 5.49. The predicted octanol–water partition coefficient (Wildman–Crippen LogP) is 1.54. The number of hydrogen-bond acceptors (Lipinski definition) is 4. The molecule has 0 aliphatic carbocycles. The average Bonchev–Trinajstić information content (AvgIpc) is 3.12. The van der Waals surface area contributed by atoms with E-state index in [1.807, 2.05) is 47.9 Å². The number of rotatable bonds is 7. The summed E-state index contributed by atoms with van der Waals surface area (Å²) in [6.45, 7) is 0.599. The zero-order valence-electron chi connectivity index (χ0n) is 15.1. The molecular formula is C19H26N4O2. The summed E-state index contributed by atoms with van der Waals surface area (Å²) < 4.78 is 7.26. The van der Waals surface area contributed by atoms with Crippen molar-refractivity contribution in [3.63, 3.8) is 0 Å². The molecule has 1 fully saturated rings. The summed E-state index contributed by atoms with van der Waals surface area (Å²) in [6.07, 6.45) is 3.13. The van der Waals surface area contributed by atoms with E-state index in [1.165, 1.54) is 5.56 Å². The third-order valence-corrected chi connectivity index (χ3v) is 4.89. The van der Waals surface area contributed by atoms with Gasteiger partial charge in [-0.05, 0) is 18.1 Å². The maximum Gasteiger partial charge on any atom is 0.224 e. The molecule has 25 heavy (non-hydrogen) atoms. The molecule has 1 aromatic carbocycles. The minimum Gasteiger partial charge on any atom is -0.383 e. The second-order valence-electron chi connectivity index (χ2n) is 6.65. The summed E-state index contributed by atoms with van der Waals surface area (Å²) in [6, 6.07) is 12.5. The van der Waals surface area contributed by atoms with E-state index in [0.29, 0.717) is 13.0 Å². The molecule has 0 bridgehead atoms. The van der Waals surface area contributed by atoms with Gasteiger partial charge in [0.25, 0.3) is 0 Å². The molecule has 1 aliphatic heterocycles. The minimum atomic E-state index is -0.0184. The van der Waals surface area contributed by atoms with Gasteiger partial charge in [0.2, 0.25) is 5.91 Å². The summed E-state index contributed by atoms with van der Waals surface area (Å²) in [5, 5.41) is 7.93. The quantitative estimate of drug-likeness (QED) is 0.829. The summed E-state index contributed by atoms with van der Waals surface area (Å²) in [5.74, 6) is 0.152. The van der Waals surface area contributed by atoms with Crippen molar-refractivity contribution in [3.05, 3.63) is 53.9 Å². The van der Waals surface area contributed by atoms with Crippen molar-refractivity contribution in [2.24, 2.45) is 7.05 Å². The Hall–Kier alpha value is -2.18. The average molecular weight is 342 g/mol. The number of ether oxygens (including phenoxy) is 1. The molecule has 3 atom stereocenters. The van der Waals surface area contributed by atoms with E-state index in [1.54, 1.807) is 13.3 Å². The lowest BCUT2D eigenvalue weighted by molar-refractivity contribution is -0.127. The predicted molar refractivity (Wildman–Crippen MR) is 96.1 cm³/mol. The van der Waals surface area contributed by atoms with Gasteiger partial charge in [-0.1, -0.05) is 30.3 Å². The smallest absolute Gasteiger partial charge is 0.224 e. The Labute approximate surface area is 148 Å². The molecule has 6 heteroatoms. The van der Waals surface area contributed by atoms with E-state index in [9.17, 15) is 4.79 Å². The lowest BCUT2D eigenvalue weighted by Crippen LogP contribution is -2.45. The Morgan fingerprint density at radius 3 is 2.68 bits per heavy atom. The van der Waals surface area contributed by atoms with E-state index >= 15 is 0 Å². The number of aromatic nitrogens is 2. The van der Waals surface area contributed by atoms with Crippen LogP contribution in [0.3, 0.4) is 0 Å². The molecule has 3 rings (SSSR count). The highest BCUT2D eigenvalue weighted by molar-refractivity contribution is 5.80. The van der Waals surface area contributed by atoms with Crippen LogP contribution in [0.2, 0.25) is 0 Å². The van der Waals surface area contributed by atoms with Crippen molar-refractivity contribution < 1.29 is 9.53 Å². The first-order valence-corrected chi connectivity index (χ1v) is 8.62. The lowest BCUT2D eigenvalue weighted by Gasteiger charge is -2.29. The fraction of sp³-hybridized carbons (Fsp3) is 0.474. The molecule has 2 heterocycles. The fourth-order valence-electron chi connectivity index (χ4n) is 3.67. The van der Waals surface area contributed by atoms with Gasteiger partial charge in [-0.3, -0.25) is 9.48 Å². The van der Waals surface area contributed by atoms with Gasteiger partial charge in [0.1, 0.15) is 0 Å². The van der Waals surface area contributed by atoms with Gasteiger partial charge >= 0.3 is 0 Å². The van der Waals surface area contributed by atoms with Crippen LogP contribution in [0, 0.1) is 0 Å². The normalized spacial score (nSPS) is 21.7. The standard InChI is InChI=1S/C19H26N4O2/c1-22-18(24)12-16(19(22)17-9-10-20-23(17)2)21-15(13-25-3)11-14-7-5-4-6-8-14/h4-10,15-16,19,21H,11-13H2,1-3H3/t15-,16-,19-/m1/s1.